The molecule has 0 amide bonds. The number of rotatable bonds is 10. The lowest BCUT2D eigenvalue weighted by atomic mass is 10.2. The van der Waals surface area contributed by atoms with Crippen molar-refractivity contribution < 1.29 is 39.3 Å². The van der Waals surface area contributed by atoms with Crippen molar-refractivity contribution >= 4 is 36.8 Å². The number of aliphatic hydroxyl groups is 1. The molecule has 11 nitrogen and oxygen atoms in total. The quantitative estimate of drug-likeness (QED) is 0.159. The van der Waals surface area contributed by atoms with Gasteiger partial charge in [-0.05, 0) is 18.1 Å². The van der Waals surface area contributed by atoms with Crippen LogP contribution in [0.2, 0.25) is 0 Å². The Balaban J connectivity index is 3.04. The molecular weight excluding hydrogens is 391 g/mol. The first-order chi connectivity index (χ1) is 12.0. The van der Waals surface area contributed by atoms with E-state index in [0.29, 0.717) is 11.8 Å². The molecule has 3 atom stereocenters. The minimum Gasteiger partial charge on any atom is -0.481 e. The van der Waals surface area contributed by atoms with Crippen LogP contribution in [0.1, 0.15) is 17.8 Å². The van der Waals surface area contributed by atoms with Crippen LogP contribution in [0.15, 0.2) is 23.1 Å². The van der Waals surface area contributed by atoms with Crippen LogP contribution in [-0.4, -0.2) is 55.0 Å². The Kier molecular flexibility index (Phi) is 7.72. The van der Waals surface area contributed by atoms with Crippen molar-refractivity contribution in [1.82, 2.24) is 0 Å². The number of carboxylic acids is 2. The number of benzene rings is 1. The first-order valence-electron chi connectivity index (χ1n) is 7.06. The first kappa shape index (κ1) is 22.1. The Morgan fingerprint density at radius 3 is 2.46 bits per heavy atom. The summed E-state index contributed by atoms with van der Waals surface area (Å²) in [7, 11) is -4.31. The zero-order chi connectivity index (χ0) is 20.1. The topological polar surface area (TPSA) is 201 Å². The summed E-state index contributed by atoms with van der Waals surface area (Å²) in [6.45, 7) is 0. The highest BCUT2D eigenvalue weighted by molar-refractivity contribution is 8.00. The van der Waals surface area contributed by atoms with Gasteiger partial charge in [0.15, 0.2) is 5.85 Å². The lowest BCUT2D eigenvalue weighted by Crippen LogP contribution is -2.31. The van der Waals surface area contributed by atoms with E-state index in [4.69, 9.17) is 15.9 Å². The van der Waals surface area contributed by atoms with Crippen LogP contribution in [0.5, 0.6) is 0 Å². The number of hydrogen-bond donors (Lipinski definition) is 5. The summed E-state index contributed by atoms with van der Waals surface area (Å²) < 4.78 is 12.2. The maximum Gasteiger partial charge on any atom is 0.320 e. The van der Waals surface area contributed by atoms with Crippen LogP contribution in [0.25, 0.3) is 0 Å². The van der Waals surface area contributed by atoms with Gasteiger partial charge < -0.3 is 25.9 Å². The number of nitro groups is 1. The van der Waals surface area contributed by atoms with E-state index in [1.165, 1.54) is 12.1 Å². The number of carbonyl (C=O) groups is 2. The summed E-state index contributed by atoms with van der Waals surface area (Å²) in [5, 5.41) is 38.5. The Bertz CT molecular complexity index is 757. The average molecular weight is 408 g/mol. The molecule has 0 bridgehead atoms. The monoisotopic (exact) mass is 408 g/mol. The average Bonchev–Trinajstić information content (AvgIpc) is 2.56. The second-order valence-corrected chi connectivity index (χ2v) is 8.72. The van der Waals surface area contributed by atoms with Gasteiger partial charge in [0.05, 0.1) is 15.6 Å². The molecule has 0 aliphatic carbocycles. The van der Waals surface area contributed by atoms with Crippen LogP contribution in [0.4, 0.5) is 5.69 Å². The molecule has 1 aromatic carbocycles. The number of carboxylic acid groups (broad SMARTS) is 2. The summed E-state index contributed by atoms with van der Waals surface area (Å²) in [6, 6.07) is 1.84. The largest absolute Gasteiger partial charge is 0.481 e. The van der Waals surface area contributed by atoms with Crippen molar-refractivity contribution in [2.45, 2.75) is 23.2 Å². The van der Waals surface area contributed by atoms with Crippen molar-refractivity contribution in [3.63, 3.8) is 0 Å². The van der Waals surface area contributed by atoms with Gasteiger partial charge in [-0.3, -0.25) is 24.3 Å². The smallest absolute Gasteiger partial charge is 0.320 e. The minimum absolute atomic E-state index is 0.0222. The number of aliphatic carboxylic acids is 2. The third-order valence-electron chi connectivity index (χ3n) is 3.29. The molecular formula is C13H17N2O9PS. The second-order valence-electron chi connectivity index (χ2n) is 5.25. The summed E-state index contributed by atoms with van der Waals surface area (Å²) >= 11 is 0.693. The van der Waals surface area contributed by atoms with Gasteiger partial charge in [-0.15, -0.1) is 11.8 Å². The van der Waals surface area contributed by atoms with Crippen LogP contribution in [0, 0.1) is 10.1 Å². The maximum atomic E-state index is 12.2. The highest BCUT2D eigenvalue weighted by Gasteiger charge is 2.33. The molecule has 0 aliphatic rings. The van der Waals surface area contributed by atoms with E-state index in [-0.39, 0.29) is 16.9 Å². The molecule has 0 spiro atoms. The molecule has 2 unspecified atom stereocenters. The molecule has 0 aliphatic heterocycles. The minimum atomic E-state index is -4.31. The highest BCUT2D eigenvalue weighted by atomic mass is 32.2. The van der Waals surface area contributed by atoms with Crippen molar-refractivity contribution in [2.24, 2.45) is 5.73 Å². The summed E-state index contributed by atoms with van der Waals surface area (Å²) in [4.78, 5) is 41.5. The third-order valence-corrected chi connectivity index (χ3v) is 6.30. The zero-order valence-corrected chi connectivity index (χ0v) is 14.9. The first-order valence-corrected chi connectivity index (χ1v) is 9.96. The highest BCUT2D eigenvalue weighted by Crippen LogP contribution is 2.55. The van der Waals surface area contributed by atoms with Crippen LogP contribution >= 0.6 is 19.1 Å². The lowest BCUT2D eigenvalue weighted by molar-refractivity contribution is -0.387. The SMILES string of the molecule is N[C@H](CCP(=O)(O)C(O)c1ccc(SCC(=O)O)c([N+](=O)[O-])c1)C(=O)O. The van der Waals surface area contributed by atoms with E-state index in [1.807, 2.05) is 0 Å². The number of aliphatic hydroxyl groups excluding tert-OH is 1. The van der Waals surface area contributed by atoms with E-state index in [2.05, 4.69) is 0 Å². The normalized spacial score (nSPS) is 15.7. The summed E-state index contributed by atoms with van der Waals surface area (Å²) in [5.74, 6) is -4.94. The van der Waals surface area contributed by atoms with Crippen molar-refractivity contribution in [1.29, 1.82) is 0 Å². The van der Waals surface area contributed by atoms with Gasteiger partial charge in [0.1, 0.15) is 6.04 Å². The number of hydrogen-bond acceptors (Lipinski definition) is 8. The van der Waals surface area contributed by atoms with Gasteiger partial charge >= 0.3 is 11.9 Å². The van der Waals surface area contributed by atoms with E-state index in [0.717, 1.165) is 6.07 Å². The number of nitrogens with zero attached hydrogens (tertiary/aromatic N) is 1. The van der Waals surface area contributed by atoms with Crippen molar-refractivity contribution in [3.05, 3.63) is 33.9 Å². The summed E-state index contributed by atoms with van der Waals surface area (Å²) in [6.07, 6.45) is -0.959. The molecule has 0 saturated heterocycles. The summed E-state index contributed by atoms with van der Waals surface area (Å²) in [5.41, 5.74) is 4.52. The molecule has 144 valence electrons. The molecule has 0 radical (unpaired) electrons. The van der Waals surface area contributed by atoms with E-state index >= 15 is 0 Å². The predicted molar refractivity (Wildman–Crippen MR) is 91.3 cm³/mol. The van der Waals surface area contributed by atoms with Crippen LogP contribution in [0.3, 0.4) is 0 Å². The Hall–Kier alpha value is -1.98. The van der Waals surface area contributed by atoms with Gasteiger partial charge in [-0.1, -0.05) is 6.07 Å². The lowest BCUT2D eigenvalue weighted by Gasteiger charge is -2.19. The number of nitro benzene ring substituents is 1. The molecule has 0 fully saturated rings. The van der Waals surface area contributed by atoms with Gasteiger partial charge in [-0.25, -0.2) is 0 Å². The molecule has 0 heterocycles. The van der Waals surface area contributed by atoms with Gasteiger partial charge in [-0.2, -0.15) is 0 Å². The van der Waals surface area contributed by atoms with Crippen molar-refractivity contribution in [2.75, 3.05) is 11.9 Å². The van der Waals surface area contributed by atoms with E-state index in [9.17, 15) is 34.3 Å². The molecule has 6 N–H and O–H groups in total. The van der Waals surface area contributed by atoms with Gasteiger partial charge in [0, 0.05) is 12.2 Å². The Labute approximate surface area is 151 Å². The molecule has 0 saturated carbocycles. The standard InChI is InChI=1S/C13H17N2O9PS/c14-8(12(18)19)3-4-25(23,24)13(20)7-1-2-10(26-6-11(16)17)9(5-7)15(21)22/h1-2,5,8,13,20H,3-4,6,14H2,(H,16,17)(H,18,19)(H,23,24)/t8-,13?/m1/s1. The van der Waals surface area contributed by atoms with Crippen molar-refractivity contribution in [3.8, 4) is 0 Å². The molecule has 0 aromatic heterocycles. The Morgan fingerprint density at radius 2 is 1.96 bits per heavy atom. The third kappa shape index (κ3) is 6.07. The second kappa shape index (κ2) is 9.10. The number of thioether (sulfide) groups is 1. The fraction of sp³-hybridized carbons (Fsp3) is 0.385. The molecule has 1 aromatic rings. The fourth-order valence-corrected chi connectivity index (χ4v) is 4.15. The molecule has 26 heavy (non-hydrogen) atoms. The number of nitrogens with two attached hydrogens (primary N) is 1. The van der Waals surface area contributed by atoms with E-state index in [1.54, 1.807) is 0 Å². The predicted octanol–water partition coefficient (Wildman–Crippen LogP) is 0.835. The molecule has 1 rings (SSSR count). The van der Waals surface area contributed by atoms with E-state index < -0.39 is 53.7 Å². The zero-order valence-electron chi connectivity index (χ0n) is 13.2. The van der Waals surface area contributed by atoms with Crippen LogP contribution in [-0.2, 0) is 14.2 Å². The van der Waals surface area contributed by atoms with Gasteiger partial charge in [0.2, 0.25) is 7.37 Å². The fourth-order valence-electron chi connectivity index (χ4n) is 1.90. The van der Waals surface area contributed by atoms with Crippen LogP contribution < -0.4 is 5.73 Å². The maximum absolute atomic E-state index is 12.2. The Morgan fingerprint density at radius 1 is 1.35 bits per heavy atom. The molecule has 13 heteroatoms. The van der Waals surface area contributed by atoms with Gasteiger partial charge in [0.25, 0.3) is 5.69 Å².